The highest BCUT2D eigenvalue weighted by Gasteiger charge is 2.42. The number of hydrogen-bond donors (Lipinski definition) is 2. The zero-order valence-corrected chi connectivity index (χ0v) is 12.3. The fourth-order valence-corrected chi connectivity index (χ4v) is 3.03. The molecule has 1 heterocycles. The van der Waals surface area contributed by atoms with Gasteiger partial charge in [0.25, 0.3) is 0 Å². The molecule has 1 aliphatic rings. The molecule has 0 aliphatic carbocycles. The Morgan fingerprint density at radius 3 is 2.70 bits per heavy atom. The highest BCUT2D eigenvalue weighted by atomic mass is 16.4. The van der Waals surface area contributed by atoms with Gasteiger partial charge in [-0.1, -0.05) is 30.3 Å². The van der Waals surface area contributed by atoms with Crippen LogP contribution in [-0.2, 0) is 11.3 Å². The van der Waals surface area contributed by atoms with Crippen molar-refractivity contribution in [3.8, 4) is 0 Å². The maximum atomic E-state index is 11.7. The second kappa shape index (κ2) is 6.37. The van der Waals surface area contributed by atoms with Crippen molar-refractivity contribution in [3.63, 3.8) is 0 Å². The summed E-state index contributed by atoms with van der Waals surface area (Å²) in [6.45, 7) is 6.34. The summed E-state index contributed by atoms with van der Waals surface area (Å²) in [5, 5.41) is 12.9. The van der Waals surface area contributed by atoms with E-state index in [1.54, 1.807) is 0 Å². The zero-order chi connectivity index (χ0) is 14.6. The van der Waals surface area contributed by atoms with Crippen LogP contribution >= 0.6 is 0 Å². The lowest BCUT2D eigenvalue weighted by molar-refractivity contribution is -0.148. The van der Waals surface area contributed by atoms with Gasteiger partial charge in [0.05, 0.1) is 0 Å². The molecule has 20 heavy (non-hydrogen) atoms. The van der Waals surface area contributed by atoms with E-state index in [4.69, 9.17) is 0 Å². The summed E-state index contributed by atoms with van der Waals surface area (Å²) in [5.41, 5.74) is 0.430. The molecule has 4 heteroatoms. The molecule has 0 radical (unpaired) electrons. The Bertz CT molecular complexity index is 447. The Labute approximate surface area is 120 Å². The van der Waals surface area contributed by atoms with Gasteiger partial charge >= 0.3 is 5.97 Å². The lowest BCUT2D eigenvalue weighted by atomic mass is 9.88. The Balaban J connectivity index is 2.08. The number of carboxylic acid groups (broad SMARTS) is 1. The third kappa shape index (κ3) is 3.58. The van der Waals surface area contributed by atoms with Crippen molar-refractivity contribution in [2.75, 3.05) is 13.1 Å². The molecule has 0 aromatic heterocycles. The van der Waals surface area contributed by atoms with Crippen LogP contribution in [0.3, 0.4) is 0 Å². The van der Waals surface area contributed by atoms with Crippen LogP contribution in [0.5, 0.6) is 0 Å². The molecule has 1 aromatic rings. The number of hydrogen-bond acceptors (Lipinski definition) is 3. The van der Waals surface area contributed by atoms with Gasteiger partial charge in [0, 0.05) is 19.1 Å². The molecule has 0 amide bonds. The molecule has 1 unspecified atom stereocenters. The van der Waals surface area contributed by atoms with Crippen molar-refractivity contribution < 1.29 is 9.90 Å². The van der Waals surface area contributed by atoms with E-state index in [9.17, 15) is 9.90 Å². The molecular weight excluding hydrogens is 252 g/mol. The topological polar surface area (TPSA) is 52.6 Å². The van der Waals surface area contributed by atoms with E-state index >= 15 is 0 Å². The molecule has 0 bridgehead atoms. The molecule has 1 aromatic carbocycles. The number of carboxylic acids is 1. The number of piperidine rings is 1. The van der Waals surface area contributed by atoms with Crippen LogP contribution < -0.4 is 5.32 Å². The Morgan fingerprint density at radius 2 is 2.10 bits per heavy atom. The van der Waals surface area contributed by atoms with Crippen molar-refractivity contribution in [2.45, 2.75) is 44.8 Å². The summed E-state index contributed by atoms with van der Waals surface area (Å²) in [7, 11) is 0. The van der Waals surface area contributed by atoms with Crippen LogP contribution in [0.25, 0.3) is 0 Å². The Kier molecular flexibility index (Phi) is 4.78. The van der Waals surface area contributed by atoms with E-state index < -0.39 is 11.5 Å². The molecule has 0 spiro atoms. The maximum Gasteiger partial charge on any atom is 0.325 e. The molecule has 4 nitrogen and oxygen atoms in total. The first-order valence-electron chi connectivity index (χ1n) is 7.29. The van der Waals surface area contributed by atoms with Gasteiger partial charge in [-0.2, -0.15) is 0 Å². The van der Waals surface area contributed by atoms with Crippen LogP contribution in [0.4, 0.5) is 0 Å². The van der Waals surface area contributed by atoms with Crippen molar-refractivity contribution in [1.82, 2.24) is 10.2 Å². The third-order valence-electron chi connectivity index (χ3n) is 3.79. The van der Waals surface area contributed by atoms with E-state index in [0.29, 0.717) is 13.0 Å². The number of rotatable bonds is 5. The van der Waals surface area contributed by atoms with Crippen LogP contribution in [0.2, 0.25) is 0 Å². The summed E-state index contributed by atoms with van der Waals surface area (Å²) in [5.74, 6) is -0.732. The minimum absolute atomic E-state index is 0.169. The van der Waals surface area contributed by atoms with Gasteiger partial charge in [0.2, 0.25) is 0 Å². The summed E-state index contributed by atoms with van der Waals surface area (Å²) in [4.78, 5) is 14.0. The van der Waals surface area contributed by atoms with Gasteiger partial charge in [-0.3, -0.25) is 15.0 Å². The van der Waals surface area contributed by atoms with E-state index in [0.717, 1.165) is 19.5 Å². The molecule has 2 N–H and O–H groups in total. The van der Waals surface area contributed by atoms with Crippen LogP contribution in [0, 0.1) is 0 Å². The number of nitrogens with zero attached hydrogens (tertiary/aromatic N) is 1. The summed E-state index contributed by atoms with van der Waals surface area (Å²) in [6.07, 6.45) is 1.62. The lowest BCUT2D eigenvalue weighted by Gasteiger charge is -2.41. The van der Waals surface area contributed by atoms with Gasteiger partial charge in [0.1, 0.15) is 5.54 Å². The first-order chi connectivity index (χ1) is 9.52. The Hall–Kier alpha value is -1.39. The number of carbonyl (C=O) groups is 1. The largest absolute Gasteiger partial charge is 0.480 e. The average molecular weight is 276 g/mol. The van der Waals surface area contributed by atoms with E-state index in [-0.39, 0.29) is 6.04 Å². The smallest absolute Gasteiger partial charge is 0.325 e. The fourth-order valence-electron chi connectivity index (χ4n) is 3.03. The lowest BCUT2D eigenvalue weighted by Crippen LogP contribution is -2.63. The molecule has 1 fully saturated rings. The molecule has 1 saturated heterocycles. The predicted molar refractivity (Wildman–Crippen MR) is 79.6 cm³/mol. The molecule has 2 rings (SSSR count). The van der Waals surface area contributed by atoms with Gasteiger partial charge in [-0.05, 0) is 38.8 Å². The second-order valence-corrected chi connectivity index (χ2v) is 5.99. The minimum Gasteiger partial charge on any atom is -0.480 e. The van der Waals surface area contributed by atoms with Gasteiger partial charge in [-0.25, -0.2) is 0 Å². The number of likely N-dealkylation sites (tertiary alicyclic amines) is 1. The fraction of sp³-hybridized carbons (Fsp3) is 0.562. The summed E-state index contributed by atoms with van der Waals surface area (Å²) >= 11 is 0. The van der Waals surface area contributed by atoms with Crippen LogP contribution in [0.1, 0.15) is 32.3 Å². The quantitative estimate of drug-likeness (QED) is 0.865. The second-order valence-electron chi connectivity index (χ2n) is 5.99. The van der Waals surface area contributed by atoms with Crippen LogP contribution in [-0.4, -0.2) is 40.6 Å². The van der Waals surface area contributed by atoms with Crippen molar-refractivity contribution in [2.24, 2.45) is 0 Å². The average Bonchev–Trinajstić information content (AvgIpc) is 2.39. The van der Waals surface area contributed by atoms with Crippen molar-refractivity contribution in [3.05, 3.63) is 35.9 Å². The Morgan fingerprint density at radius 1 is 1.40 bits per heavy atom. The number of aliphatic carboxylic acids is 1. The first kappa shape index (κ1) is 15.0. The number of benzene rings is 1. The first-order valence-corrected chi connectivity index (χ1v) is 7.29. The van der Waals surface area contributed by atoms with Crippen molar-refractivity contribution in [1.29, 1.82) is 0 Å². The predicted octanol–water partition coefficient (Wildman–Crippen LogP) is 2.10. The standard InChI is InChI=1S/C16H24N2O2/c1-13(2)17-16(15(19)20)9-6-10-18(12-16)11-14-7-4-3-5-8-14/h3-5,7-8,13,17H,6,9-12H2,1-2H3,(H,19,20). The highest BCUT2D eigenvalue weighted by Crippen LogP contribution is 2.24. The SMILES string of the molecule is CC(C)NC1(C(=O)O)CCCN(Cc2ccccc2)C1. The molecule has 1 atom stereocenters. The molecule has 0 saturated carbocycles. The van der Waals surface area contributed by atoms with Crippen LogP contribution in [0.15, 0.2) is 30.3 Å². The molecule has 110 valence electrons. The summed E-state index contributed by atoms with van der Waals surface area (Å²) in [6, 6.07) is 10.4. The van der Waals surface area contributed by atoms with E-state index in [2.05, 4.69) is 22.3 Å². The molecule has 1 aliphatic heterocycles. The normalized spacial score (nSPS) is 23.9. The number of nitrogens with one attached hydrogen (secondary N) is 1. The van der Waals surface area contributed by atoms with Gasteiger partial charge in [-0.15, -0.1) is 0 Å². The monoisotopic (exact) mass is 276 g/mol. The summed E-state index contributed by atoms with van der Waals surface area (Å²) < 4.78 is 0. The van der Waals surface area contributed by atoms with Gasteiger partial charge in [0.15, 0.2) is 0 Å². The third-order valence-corrected chi connectivity index (χ3v) is 3.79. The maximum absolute atomic E-state index is 11.7. The minimum atomic E-state index is -0.804. The van der Waals surface area contributed by atoms with E-state index in [1.165, 1.54) is 5.56 Å². The van der Waals surface area contributed by atoms with Gasteiger partial charge < -0.3 is 5.11 Å². The highest BCUT2D eigenvalue weighted by molar-refractivity contribution is 5.79. The van der Waals surface area contributed by atoms with E-state index in [1.807, 2.05) is 32.0 Å². The zero-order valence-electron chi connectivity index (χ0n) is 12.3. The van der Waals surface area contributed by atoms with Crippen molar-refractivity contribution >= 4 is 5.97 Å². The molecular formula is C16H24N2O2.